The molecule has 118 valence electrons. The molecule has 1 aromatic carbocycles. The second-order valence-corrected chi connectivity index (χ2v) is 5.70. The van der Waals surface area contributed by atoms with E-state index in [0.717, 1.165) is 30.5 Å². The number of aryl methyl sites for hydroxylation is 1. The number of hydrogen-bond donors (Lipinski definition) is 1. The van der Waals surface area contributed by atoms with E-state index in [1.54, 1.807) is 0 Å². The number of nitrogens with zero attached hydrogens (tertiary/aromatic N) is 2. The Bertz CT molecular complexity index is 591. The van der Waals surface area contributed by atoms with E-state index in [-0.39, 0.29) is 11.9 Å². The summed E-state index contributed by atoms with van der Waals surface area (Å²) in [6.45, 7) is 6.91. The first-order chi connectivity index (χ1) is 10.7. The lowest BCUT2D eigenvalue weighted by molar-refractivity contribution is 0.0665. The monoisotopic (exact) mass is 299 g/mol. The molecule has 0 aliphatic rings. The van der Waals surface area contributed by atoms with Gasteiger partial charge in [0.2, 0.25) is 0 Å². The van der Waals surface area contributed by atoms with Gasteiger partial charge in [0.15, 0.2) is 0 Å². The number of aromatic nitrogens is 2. The van der Waals surface area contributed by atoms with Crippen LogP contribution in [0.25, 0.3) is 0 Å². The number of hydrogen-bond acceptors (Lipinski definition) is 2. The molecule has 2 rings (SSSR count). The maximum absolute atomic E-state index is 12.8. The summed E-state index contributed by atoms with van der Waals surface area (Å²) in [6, 6.07) is 12.2. The van der Waals surface area contributed by atoms with Crippen LogP contribution in [0.5, 0.6) is 0 Å². The number of amides is 1. The maximum atomic E-state index is 12.8. The van der Waals surface area contributed by atoms with Crippen LogP contribution in [-0.2, 0) is 13.0 Å². The quantitative estimate of drug-likeness (QED) is 0.845. The normalized spacial score (nSPS) is 12.1. The fourth-order valence-corrected chi connectivity index (χ4v) is 2.44. The molecule has 0 bridgehead atoms. The lowest BCUT2D eigenvalue weighted by Gasteiger charge is -2.28. The highest BCUT2D eigenvalue weighted by Crippen LogP contribution is 2.15. The molecule has 1 atom stereocenters. The van der Waals surface area contributed by atoms with Crippen molar-refractivity contribution in [3.8, 4) is 0 Å². The molecule has 4 nitrogen and oxygen atoms in total. The second kappa shape index (κ2) is 7.78. The Kier molecular flexibility index (Phi) is 5.75. The first kappa shape index (κ1) is 16.3. The average molecular weight is 299 g/mol. The van der Waals surface area contributed by atoms with Crippen molar-refractivity contribution in [2.75, 3.05) is 0 Å². The van der Waals surface area contributed by atoms with Gasteiger partial charge in [-0.15, -0.1) is 0 Å². The van der Waals surface area contributed by atoms with Gasteiger partial charge in [-0.25, -0.2) is 0 Å². The fourth-order valence-electron chi connectivity index (χ4n) is 2.44. The SMILES string of the molecule is CCCc1cc(C(=O)N(Cc2ccccc2)C(C)CC)n[nH]1. The molecule has 1 aromatic heterocycles. The minimum Gasteiger partial charge on any atom is -0.330 e. The molecule has 4 heteroatoms. The van der Waals surface area contributed by atoms with Gasteiger partial charge in [-0.1, -0.05) is 50.6 Å². The Balaban J connectivity index is 2.18. The van der Waals surface area contributed by atoms with E-state index >= 15 is 0 Å². The first-order valence-corrected chi connectivity index (χ1v) is 8.04. The molecule has 1 heterocycles. The summed E-state index contributed by atoms with van der Waals surface area (Å²) in [6.07, 6.45) is 2.88. The predicted molar refractivity (Wildman–Crippen MR) is 88.7 cm³/mol. The van der Waals surface area contributed by atoms with Gasteiger partial charge in [0.05, 0.1) is 0 Å². The highest BCUT2D eigenvalue weighted by Gasteiger charge is 2.22. The summed E-state index contributed by atoms with van der Waals surface area (Å²) >= 11 is 0. The van der Waals surface area contributed by atoms with Crippen molar-refractivity contribution in [3.05, 3.63) is 53.3 Å². The largest absolute Gasteiger partial charge is 0.330 e. The van der Waals surface area contributed by atoms with Gasteiger partial charge in [0, 0.05) is 18.3 Å². The van der Waals surface area contributed by atoms with E-state index in [0.29, 0.717) is 12.2 Å². The highest BCUT2D eigenvalue weighted by molar-refractivity contribution is 5.92. The van der Waals surface area contributed by atoms with Gasteiger partial charge in [-0.2, -0.15) is 5.10 Å². The van der Waals surface area contributed by atoms with Crippen LogP contribution >= 0.6 is 0 Å². The van der Waals surface area contributed by atoms with Crippen LogP contribution in [0.1, 0.15) is 55.4 Å². The Morgan fingerprint density at radius 3 is 2.64 bits per heavy atom. The summed E-state index contributed by atoms with van der Waals surface area (Å²) in [5, 5.41) is 7.16. The molecule has 0 spiro atoms. The van der Waals surface area contributed by atoms with Crippen molar-refractivity contribution in [1.29, 1.82) is 0 Å². The van der Waals surface area contributed by atoms with E-state index in [2.05, 4.69) is 43.1 Å². The third-order valence-corrected chi connectivity index (χ3v) is 3.95. The molecule has 1 N–H and O–H groups in total. The Morgan fingerprint density at radius 1 is 1.27 bits per heavy atom. The van der Waals surface area contributed by atoms with E-state index in [1.807, 2.05) is 29.2 Å². The Hall–Kier alpha value is -2.10. The second-order valence-electron chi connectivity index (χ2n) is 5.70. The van der Waals surface area contributed by atoms with Crippen LogP contribution in [0, 0.1) is 0 Å². The minimum atomic E-state index is -0.00296. The van der Waals surface area contributed by atoms with Crippen LogP contribution < -0.4 is 0 Å². The smallest absolute Gasteiger partial charge is 0.274 e. The van der Waals surface area contributed by atoms with E-state index in [1.165, 1.54) is 0 Å². The maximum Gasteiger partial charge on any atom is 0.274 e. The molecular formula is C18H25N3O. The zero-order chi connectivity index (χ0) is 15.9. The van der Waals surface area contributed by atoms with Gasteiger partial charge < -0.3 is 4.90 Å². The molecule has 0 fully saturated rings. The highest BCUT2D eigenvalue weighted by atomic mass is 16.2. The summed E-state index contributed by atoms with van der Waals surface area (Å²) in [7, 11) is 0. The molecule has 1 unspecified atom stereocenters. The van der Waals surface area contributed by atoms with Crippen molar-refractivity contribution in [2.24, 2.45) is 0 Å². The number of carbonyl (C=O) groups is 1. The molecule has 0 radical (unpaired) electrons. The summed E-state index contributed by atoms with van der Waals surface area (Å²) < 4.78 is 0. The summed E-state index contributed by atoms with van der Waals surface area (Å²) in [5.41, 5.74) is 2.68. The fraction of sp³-hybridized carbons (Fsp3) is 0.444. The molecule has 1 amide bonds. The van der Waals surface area contributed by atoms with Gasteiger partial charge in [-0.05, 0) is 31.4 Å². The standard InChI is InChI=1S/C18H25N3O/c1-4-9-16-12-17(20-19-16)18(22)21(14(3)5-2)13-15-10-7-6-8-11-15/h6-8,10-12,14H,4-5,9,13H2,1-3H3,(H,19,20). The van der Waals surface area contributed by atoms with Gasteiger partial charge in [0.1, 0.15) is 5.69 Å². The molecule has 2 aromatic rings. The number of nitrogens with one attached hydrogen (secondary N) is 1. The number of carbonyl (C=O) groups excluding carboxylic acids is 1. The molecule has 0 saturated carbocycles. The zero-order valence-corrected chi connectivity index (χ0v) is 13.7. The lowest BCUT2D eigenvalue weighted by Crippen LogP contribution is -2.38. The van der Waals surface area contributed by atoms with Gasteiger partial charge in [-0.3, -0.25) is 9.89 Å². The van der Waals surface area contributed by atoms with Gasteiger partial charge >= 0.3 is 0 Å². The van der Waals surface area contributed by atoms with Crippen LogP contribution in [0.3, 0.4) is 0 Å². The van der Waals surface area contributed by atoms with Crippen LogP contribution in [-0.4, -0.2) is 27.0 Å². The van der Waals surface area contributed by atoms with Crippen molar-refractivity contribution in [1.82, 2.24) is 15.1 Å². The number of benzene rings is 1. The molecule has 0 saturated heterocycles. The predicted octanol–water partition coefficient (Wildman–Crippen LogP) is 3.80. The summed E-state index contributed by atoms with van der Waals surface area (Å²) in [4.78, 5) is 14.7. The lowest BCUT2D eigenvalue weighted by atomic mass is 10.1. The molecule has 22 heavy (non-hydrogen) atoms. The van der Waals surface area contributed by atoms with Crippen molar-refractivity contribution >= 4 is 5.91 Å². The van der Waals surface area contributed by atoms with Gasteiger partial charge in [0.25, 0.3) is 5.91 Å². The number of rotatable bonds is 7. The molecule has 0 aliphatic carbocycles. The number of H-pyrrole nitrogens is 1. The van der Waals surface area contributed by atoms with Crippen LogP contribution in [0.2, 0.25) is 0 Å². The Morgan fingerprint density at radius 2 is 2.00 bits per heavy atom. The van der Waals surface area contributed by atoms with E-state index in [4.69, 9.17) is 0 Å². The first-order valence-electron chi connectivity index (χ1n) is 8.04. The third-order valence-electron chi connectivity index (χ3n) is 3.95. The average Bonchev–Trinajstić information content (AvgIpc) is 3.01. The zero-order valence-electron chi connectivity index (χ0n) is 13.7. The van der Waals surface area contributed by atoms with Crippen molar-refractivity contribution < 1.29 is 4.79 Å². The van der Waals surface area contributed by atoms with Crippen molar-refractivity contribution in [3.63, 3.8) is 0 Å². The van der Waals surface area contributed by atoms with E-state index < -0.39 is 0 Å². The third kappa shape index (κ3) is 3.97. The minimum absolute atomic E-state index is 0.00296. The van der Waals surface area contributed by atoms with Crippen LogP contribution in [0.4, 0.5) is 0 Å². The van der Waals surface area contributed by atoms with Crippen molar-refractivity contribution in [2.45, 2.75) is 52.6 Å². The molecule has 0 aliphatic heterocycles. The van der Waals surface area contributed by atoms with E-state index in [9.17, 15) is 4.79 Å². The topological polar surface area (TPSA) is 49.0 Å². The Labute approximate surface area is 132 Å². The number of aromatic amines is 1. The summed E-state index contributed by atoms with van der Waals surface area (Å²) in [5.74, 6) is -0.00296. The van der Waals surface area contributed by atoms with Crippen LogP contribution in [0.15, 0.2) is 36.4 Å². The molecular weight excluding hydrogens is 274 g/mol.